The highest BCUT2D eigenvalue weighted by Gasteiger charge is 2.21. The summed E-state index contributed by atoms with van der Waals surface area (Å²) in [5.41, 5.74) is 3.65. The van der Waals surface area contributed by atoms with Crippen LogP contribution in [0, 0.1) is 13.8 Å². The van der Waals surface area contributed by atoms with E-state index in [9.17, 15) is 14.4 Å². The van der Waals surface area contributed by atoms with Crippen LogP contribution in [0.3, 0.4) is 0 Å². The van der Waals surface area contributed by atoms with E-state index in [2.05, 4.69) is 15.5 Å². The molecule has 31 heavy (non-hydrogen) atoms. The standard InChI is InChI=1S/C23H27ClN4O3/c1-16-6-7-18(12-17(16)2)23(31)26-14-21(29)25-15-22(30)28-10-8-27(9-11-28)20-5-3-4-19(24)13-20/h3-7,12-13H,8-11,14-15H2,1-2H3,(H,25,29)(H,26,31). The van der Waals surface area contributed by atoms with Crippen LogP contribution in [0.1, 0.15) is 21.5 Å². The van der Waals surface area contributed by atoms with E-state index in [1.807, 2.05) is 44.2 Å². The molecule has 3 amide bonds. The smallest absolute Gasteiger partial charge is 0.251 e. The molecule has 1 heterocycles. The molecular weight excluding hydrogens is 416 g/mol. The molecule has 1 aliphatic heterocycles. The van der Waals surface area contributed by atoms with E-state index in [0.717, 1.165) is 16.8 Å². The summed E-state index contributed by atoms with van der Waals surface area (Å²) in [6, 6.07) is 13.0. The highest BCUT2D eigenvalue weighted by Crippen LogP contribution is 2.20. The Morgan fingerprint density at radius 3 is 2.32 bits per heavy atom. The third-order valence-electron chi connectivity index (χ3n) is 5.42. The Morgan fingerprint density at radius 1 is 0.903 bits per heavy atom. The molecule has 7 nitrogen and oxygen atoms in total. The second-order valence-corrected chi connectivity index (χ2v) is 8.04. The monoisotopic (exact) mass is 442 g/mol. The van der Waals surface area contributed by atoms with Crippen molar-refractivity contribution in [3.63, 3.8) is 0 Å². The lowest BCUT2D eigenvalue weighted by atomic mass is 10.1. The zero-order chi connectivity index (χ0) is 22.4. The van der Waals surface area contributed by atoms with E-state index < -0.39 is 5.91 Å². The third-order valence-corrected chi connectivity index (χ3v) is 5.66. The molecule has 3 rings (SSSR count). The summed E-state index contributed by atoms with van der Waals surface area (Å²) in [4.78, 5) is 40.5. The molecule has 0 saturated carbocycles. The lowest BCUT2D eigenvalue weighted by molar-refractivity contribution is -0.132. The molecule has 0 spiro atoms. The second-order valence-electron chi connectivity index (χ2n) is 7.61. The molecular formula is C23H27ClN4O3. The van der Waals surface area contributed by atoms with Crippen molar-refractivity contribution in [2.45, 2.75) is 13.8 Å². The van der Waals surface area contributed by atoms with Gasteiger partial charge in [0, 0.05) is 42.5 Å². The molecule has 0 bridgehead atoms. The SMILES string of the molecule is Cc1ccc(C(=O)NCC(=O)NCC(=O)N2CCN(c3cccc(Cl)c3)CC2)cc1C. The Hall–Kier alpha value is -3.06. The molecule has 2 aromatic rings. The third kappa shape index (κ3) is 6.21. The molecule has 2 N–H and O–H groups in total. The Bertz CT molecular complexity index is 971. The van der Waals surface area contributed by atoms with Gasteiger partial charge < -0.3 is 20.4 Å². The quantitative estimate of drug-likeness (QED) is 0.718. The highest BCUT2D eigenvalue weighted by molar-refractivity contribution is 6.30. The number of amides is 3. The van der Waals surface area contributed by atoms with Crippen LogP contribution in [0.4, 0.5) is 5.69 Å². The summed E-state index contributed by atoms with van der Waals surface area (Å²) in [5, 5.41) is 5.85. The Balaban J connectivity index is 1.39. The van der Waals surface area contributed by atoms with Crippen molar-refractivity contribution in [3.8, 4) is 0 Å². The van der Waals surface area contributed by atoms with Crippen molar-refractivity contribution in [2.75, 3.05) is 44.2 Å². The van der Waals surface area contributed by atoms with E-state index >= 15 is 0 Å². The first-order chi connectivity index (χ1) is 14.8. The number of anilines is 1. The second kappa shape index (κ2) is 10.3. The number of nitrogens with zero attached hydrogens (tertiary/aromatic N) is 2. The average Bonchev–Trinajstić information content (AvgIpc) is 2.77. The van der Waals surface area contributed by atoms with Gasteiger partial charge in [-0.1, -0.05) is 23.7 Å². The molecule has 0 unspecified atom stereocenters. The van der Waals surface area contributed by atoms with Gasteiger partial charge in [-0.3, -0.25) is 14.4 Å². The van der Waals surface area contributed by atoms with Crippen LogP contribution in [-0.2, 0) is 9.59 Å². The molecule has 0 atom stereocenters. The first-order valence-electron chi connectivity index (χ1n) is 10.2. The summed E-state index contributed by atoms with van der Waals surface area (Å²) in [6.45, 7) is 6.18. The molecule has 8 heteroatoms. The number of hydrogen-bond donors (Lipinski definition) is 2. The number of carbonyl (C=O) groups excluding carboxylic acids is 3. The van der Waals surface area contributed by atoms with Gasteiger partial charge in [0.1, 0.15) is 0 Å². The van der Waals surface area contributed by atoms with Crippen LogP contribution in [-0.4, -0.2) is 61.9 Å². The molecule has 2 aromatic carbocycles. The van der Waals surface area contributed by atoms with Gasteiger partial charge in [0.15, 0.2) is 0 Å². The fraction of sp³-hybridized carbons (Fsp3) is 0.348. The van der Waals surface area contributed by atoms with Gasteiger partial charge in [-0.05, 0) is 55.3 Å². The van der Waals surface area contributed by atoms with Crippen molar-refractivity contribution < 1.29 is 14.4 Å². The highest BCUT2D eigenvalue weighted by atomic mass is 35.5. The van der Waals surface area contributed by atoms with Gasteiger partial charge in [-0.2, -0.15) is 0 Å². The number of carbonyl (C=O) groups is 3. The average molecular weight is 443 g/mol. The lowest BCUT2D eigenvalue weighted by Gasteiger charge is -2.36. The maximum absolute atomic E-state index is 12.4. The van der Waals surface area contributed by atoms with Gasteiger partial charge >= 0.3 is 0 Å². The van der Waals surface area contributed by atoms with Crippen LogP contribution in [0.15, 0.2) is 42.5 Å². The Labute approximate surface area is 187 Å². The zero-order valence-corrected chi connectivity index (χ0v) is 18.5. The fourth-order valence-electron chi connectivity index (χ4n) is 3.38. The van der Waals surface area contributed by atoms with Crippen molar-refractivity contribution in [2.24, 2.45) is 0 Å². The summed E-state index contributed by atoms with van der Waals surface area (Å²) in [6.07, 6.45) is 0. The van der Waals surface area contributed by atoms with Crippen LogP contribution in [0.5, 0.6) is 0 Å². The van der Waals surface area contributed by atoms with E-state index in [1.54, 1.807) is 17.0 Å². The van der Waals surface area contributed by atoms with Gasteiger partial charge in [0.2, 0.25) is 11.8 Å². The normalized spacial score (nSPS) is 13.6. The number of piperazine rings is 1. The Kier molecular flexibility index (Phi) is 7.52. The fourth-order valence-corrected chi connectivity index (χ4v) is 3.57. The number of halogens is 1. The minimum Gasteiger partial charge on any atom is -0.368 e. The molecule has 1 fully saturated rings. The predicted octanol–water partition coefficient (Wildman–Crippen LogP) is 2.15. The predicted molar refractivity (Wildman–Crippen MR) is 122 cm³/mol. The topological polar surface area (TPSA) is 81.8 Å². The largest absolute Gasteiger partial charge is 0.368 e. The first kappa shape index (κ1) is 22.6. The van der Waals surface area contributed by atoms with Crippen LogP contribution in [0.25, 0.3) is 0 Å². The molecule has 0 aromatic heterocycles. The molecule has 0 radical (unpaired) electrons. The zero-order valence-electron chi connectivity index (χ0n) is 17.8. The van der Waals surface area contributed by atoms with Crippen LogP contribution in [0.2, 0.25) is 5.02 Å². The summed E-state index contributed by atoms with van der Waals surface area (Å²) < 4.78 is 0. The van der Waals surface area contributed by atoms with E-state index in [4.69, 9.17) is 11.6 Å². The number of benzene rings is 2. The molecule has 164 valence electrons. The van der Waals surface area contributed by atoms with Crippen LogP contribution < -0.4 is 15.5 Å². The van der Waals surface area contributed by atoms with Crippen molar-refractivity contribution in [3.05, 3.63) is 64.2 Å². The minimum absolute atomic E-state index is 0.0878. The number of aryl methyl sites for hydroxylation is 2. The lowest BCUT2D eigenvalue weighted by Crippen LogP contribution is -2.51. The van der Waals surface area contributed by atoms with E-state index in [1.165, 1.54) is 0 Å². The van der Waals surface area contributed by atoms with Crippen molar-refractivity contribution >= 4 is 35.0 Å². The summed E-state index contributed by atoms with van der Waals surface area (Å²) in [5.74, 6) is -0.857. The van der Waals surface area contributed by atoms with Gasteiger partial charge in [0.05, 0.1) is 13.1 Å². The number of hydrogen-bond acceptors (Lipinski definition) is 4. The Morgan fingerprint density at radius 2 is 1.65 bits per heavy atom. The summed E-state index contributed by atoms with van der Waals surface area (Å²) in [7, 11) is 0. The van der Waals surface area contributed by atoms with Crippen molar-refractivity contribution in [1.29, 1.82) is 0 Å². The molecule has 1 aliphatic rings. The van der Waals surface area contributed by atoms with Gasteiger partial charge in [-0.25, -0.2) is 0 Å². The number of rotatable bonds is 6. The van der Waals surface area contributed by atoms with Crippen molar-refractivity contribution in [1.82, 2.24) is 15.5 Å². The molecule has 0 aliphatic carbocycles. The van der Waals surface area contributed by atoms with Crippen LogP contribution >= 0.6 is 11.6 Å². The van der Waals surface area contributed by atoms with E-state index in [-0.39, 0.29) is 24.9 Å². The number of nitrogens with one attached hydrogen (secondary N) is 2. The first-order valence-corrected chi connectivity index (χ1v) is 10.6. The summed E-state index contributed by atoms with van der Waals surface area (Å²) >= 11 is 6.05. The molecule has 1 saturated heterocycles. The van der Waals surface area contributed by atoms with Gasteiger partial charge in [0.25, 0.3) is 5.91 Å². The van der Waals surface area contributed by atoms with Gasteiger partial charge in [-0.15, -0.1) is 0 Å². The maximum atomic E-state index is 12.4. The van der Waals surface area contributed by atoms with E-state index in [0.29, 0.717) is 36.8 Å². The maximum Gasteiger partial charge on any atom is 0.251 e. The minimum atomic E-state index is -0.400.